The van der Waals surface area contributed by atoms with Crippen LogP contribution in [0.1, 0.15) is 19.7 Å². The fourth-order valence-corrected chi connectivity index (χ4v) is 2.79. The third-order valence-corrected chi connectivity index (χ3v) is 3.58. The first-order valence-electron chi connectivity index (χ1n) is 6.03. The lowest BCUT2D eigenvalue weighted by atomic mass is 10.2. The third-order valence-electron chi connectivity index (χ3n) is 2.57. The summed E-state index contributed by atoms with van der Waals surface area (Å²) < 4.78 is 24.5. The molecule has 0 bridgehead atoms. The molecule has 1 heterocycles. The first kappa shape index (κ1) is 15.1. The van der Waals surface area contributed by atoms with Crippen molar-refractivity contribution in [3.63, 3.8) is 0 Å². The number of rotatable bonds is 7. The fraction of sp³-hybridized carbons (Fsp3) is 0.818. The van der Waals surface area contributed by atoms with E-state index in [9.17, 15) is 8.42 Å². The largest absolute Gasteiger partial charge is 0.316 e. The molecule has 0 aliphatic carbocycles. The van der Waals surface area contributed by atoms with Crippen molar-refractivity contribution in [1.29, 1.82) is 0 Å². The van der Waals surface area contributed by atoms with E-state index >= 15 is 0 Å². The van der Waals surface area contributed by atoms with Crippen molar-refractivity contribution >= 4 is 9.84 Å². The Balaban J connectivity index is 2.73. The Labute approximate surface area is 109 Å². The second-order valence-electron chi connectivity index (χ2n) is 5.03. The molecule has 0 aromatic carbocycles. The van der Waals surface area contributed by atoms with Gasteiger partial charge in [-0.1, -0.05) is 13.8 Å². The van der Waals surface area contributed by atoms with E-state index in [-0.39, 0.29) is 11.8 Å². The summed E-state index contributed by atoms with van der Waals surface area (Å²) in [6.45, 7) is 5.01. The van der Waals surface area contributed by atoms with Crippen molar-refractivity contribution in [2.75, 3.05) is 19.1 Å². The first-order valence-corrected chi connectivity index (χ1v) is 8.09. The van der Waals surface area contributed by atoms with E-state index in [1.54, 1.807) is 7.05 Å². The van der Waals surface area contributed by atoms with Gasteiger partial charge in [-0.25, -0.2) is 18.1 Å². The molecule has 1 unspecified atom stereocenters. The number of nitrogens with one attached hydrogen (secondary N) is 1. The summed E-state index contributed by atoms with van der Waals surface area (Å²) in [6.07, 6.45) is 3.33. The van der Waals surface area contributed by atoms with Crippen LogP contribution < -0.4 is 5.32 Å². The maximum Gasteiger partial charge on any atom is 0.148 e. The van der Waals surface area contributed by atoms with Crippen LogP contribution in [0, 0.1) is 5.92 Å². The Morgan fingerprint density at radius 1 is 1.44 bits per heavy atom. The molecule has 0 fully saturated rings. The molecule has 6 nitrogen and oxygen atoms in total. The topological polar surface area (TPSA) is 76.9 Å². The number of aromatic nitrogens is 3. The summed E-state index contributed by atoms with van der Waals surface area (Å²) in [5.41, 5.74) is 0. The molecule has 104 valence electrons. The molecule has 1 aromatic heterocycles. The van der Waals surface area contributed by atoms with Gasteiger partial charge < -0.3 is 5.32 Å². The number of sulfone groups is 1. The fourth-order valence-electron chi connectivity index (χ4n) is 1.77. The summed E-state index contributed by atoms with van der Waals surface area (Å²) in [7, 11) is -1.23. The Kier molecular flexibility index (Phi) is 5.28. The van der Waals surface area contributed by atoms with Gasteiger partial charge in [0.15, 0.2) is 0 Å². The molecule has 7 heteroatoms. The second kappa shape index (κ2) is 6.29. The number of hydrogen-bond acceptors (Lipinski definition) is 5. The van der Waals surface area contributed by atoms with Gasteiger partial charge in [0, 0.05) is 25.3 Å². The quantitative estimate of drug-likeness (QED) is 0.763. The SMILES string of the molecule is CNC(Cc1ncnn1CC(C)C)CS(C)(=O)=O. The highest BCUT2D eigenvalue weighted by atomic mass is 32.2. The molecule has 18 heavy (non-hydrogen) atoms. The smallest absolute Gasteiger partial charge is 0.148 e. The first-order chi connectivity index (χ1) is 8.31. The summed E-state index contributed by atoms with van der Waals surface area (Å²) >= 11 is 0. The highest BCUT2D eigenvalue weighted by Gasteiger charge is 2.17. The minimum absolute atomic E-state index is 0.109. The number of nitrogens with zero attached hydrogens (tertiary/aromatic N) is 3. The van der Waals surface area contributed by atoms with Gasteiger partial charge in [-0.3, -0.25) is 0 Å². The normalized spacial score (nSPS) is 14.1. The standard InChI is InChI=1S/C11H22N4O2S/c1-9(2)6-15-11(13-8-14-15)5-10(12-3)7-18(4,16)17/h8-10,12H,5-7H2,1-4H3. The summed E-state index contributed by atoms with van der Waals surface area (Å²) in [5.74, 6) is 1.41. The Hall–Kier alpha value is -0.950. The van der Waals surface area contributed by atoms with Crippen molar-refractivity contribution in [3.05, 3.63) is 12.2 Å². The second-order valence-corrected chi connectivity index (χ2v) is 7.22. The molecule has 1 aromatic rings. The number of likely N-dealkylation sites (N-methyl/N-ethyl adjacent to an activating group) is 1. The molecular formula is C11H22N4O2S. The van der Waals surface area contributed by atoms with Crippen LogP contribution in [0.15, 0.2) is 6.33 Å². The van der Waals surface area contributed by atoms with Gasteiger partial charge >= 0.3 is 0 Å². The average Bonchev–Trinajstić information content (AvgIpc) is 2.61. The van der Waals surface area contributed by atoms with Gasteiger partial charge in [0.05, 0.1) is 5.75 Å². The van der Waals surface area contributed by atoms with Gasteiger partial charge in [0.25, 0.3) is 0 Å². The van der Waals surface area contributed by atoms with Crippen LogP contribution in [0.25, 0.3) is 0 Å². The number of hydrogen-bond donors (Lipinski definition) is 1. The molecule has 0 aliphatic rings. The van der Waals surface area contributed by atoms with E-state index in [1.807, 2.05) is 4.68 Å². The van der Waals surface area contributed by atoms with Crippen molar-refractivity contribution < 1.29 is 8.42 Å². The average molecular weight is 274 g/mol. The van der Waals surface area contributed by atoms with Crippen LogP contribution in [0.3, 0.4) is 0 Å². The molecule has 1 rings (SSSR count). The lowest BCUT2D eigenvalue weighted by Gasteiger charge is -2.15. The van der Waals surface area contributed by atoms with Crippen molar-refractivity contribution in [3.8, 4) is 0 Å². The predicted octanol–water partition coefficient (Wildman–Crippen LogP) is 0.109. The third kappa shape index (κ3) is 5.14. The molecular weight excluding hydrogens is 252 g/mol. The van der Waals surface area contributed by atoms with Crippen molar-refractivity contribution in [2.45, 2.75) is 32.9 Å². The molecule has 0 amide bonds. The highest BCUT2D eigenvalue weighted by molar-refractivity contribution is 7.90. The minimum atomic E-state index is -2.99. The zero-order chi connectivity index (χ0) is 13.8. The van der Waals surface area contributed by atoms with E-state index in [4.69, 9.17) is 0 Å². The minimum Gasteiger partial charge on any atom is -0.316 e. The van der Waals surface area contributed by atoms with Crippen LogP contribution in [-0.4, -0.2) is 48.3 Å². The van der Waals surface area contributed by atoms with E-state index in [0.717, 1.165) is 12.4 Å². The van der Waals surface area contributed by atoms with Crippen LogP contribution in [0.5, 0.6) is 0 Å². The molecule has 0 aliphatic heterocycles. The van der Waals surface area contributed by atoms with Crippen LogP contribution in [-0.2, 0) is 22.8 Å². The van der Waals surface area contributed by atoms with Gasteiger partial charge in [-0.05, 0) is 13.0 Å². The van der Waals surface area contributed by atoms with Gasteiger partial charge in [0.1, 0.15) is 22.0 Å². The van der Waals surface area contributed by atoms with E-state index in [1.165, 1.54) is 12.6 Å². The van der Waals surface area contributed by atoms with Crippen LogP contribution >= 0.6 is 0 Å². The Bertz CT molecular complexity index is 467. The Morgan fingerprint density at radius 2 is 2.11 bits per heavy atom. The van der Waals surface area contributed by atoms with Gasteiger partial charge in [-0.15, -0.1) is 0 Å². The zero-order valence-electron chi connectivity index (χ0n) is 11.4. The molecule has 0 radical (unpaired) electrons. The van der Waals surface area contributed by atoms with Crippen molar-refractivity contribution in [1.82, 2.24) is 20.1 Å². The van der Waals surface area contributed by atoms with Crippen LogP contribution in [0.2, 0.25) is 0 Å². The van der Waals surface area contributed by atoms with E-state index in [2.05, 4.69) is 29.2 Å². The summed E-state index contributed by atoms with van der Waals surface area (Å²) in [4.78, 5) is 4.20. The maximum atomic E-state index is 11.3. The molecule has 0 saturated carbocycles. The van der Waals surface area contributed by atoms with E-state index in [0.29, 0.717) is 12.3 Å². The van der Waals surface area contributed by atoms with Gasteiger partial charge in [-0.2, -0.15) is 5.10 Å². The van der Waals surface area contributed by atoms with Gasteiger partial charge in [0.2, 0.25) is 0 Å². The molecule has 0 saturated heterocycles. The highest BCUT2D eigenvalue weighted by Crippen LogP contribution is 2.05. The maximum absolute atomic E-state index is 11.3. The lowest BCUT2D eigenvalue weighted by Crippen LogP contribution is -2.35. The zero-order valence-corrected chi connectivity index (χ0v) is 12.2. The molecule has 1 N–H and O–H groups in total. The van der Waals surface area contributed by atoms with Crippen molar-refractivity contribution in [2.24, 2.45) is 5.92 Å². The molecule has 0 spiro atoms. The van der Waals surface area contributed by atoms with Crippen LogP contribution in [0.4, 0.5) is 0 Å². The summed E-state index contributed by atoms with van der Waals surface area (Å²) in [5, 5.41) is 7.19. The molecule has 1 atom stereocenters. The lowest BCUT2D eigenvalue weighted by molar-refractivity contribution is 0.453. The Morgan fingerprint density at radius 3 is 2.61 bits per heavy atom. The predicted molar refractivity (Wildman–Crippen MR) is 71.1 cm³/mol. The summed E-state index contributed by atoms with van der Waals surface area (Å²) in [6, 6.07) is -0.130. The van der Waals surface area contributed by atoms with E-state index < -0.39 is 9.84 Å². The monoisotopic (exact) mass is 274 g/mol.